The summed E-state index contributed by atoms with van der Waals surface area (Å²) in [7, 11) is 0. The van der Waals surface area contributed by atoms with Gasteiger partial charge in [-0.25, -0.2) is 0 Å². The van der Waals surface area contributed by atoms with Crippen LogP contribution in [0, 0.1) is 0 Å². The lowest BCUT2D eigenvalue weighted by atomic mass is 10.3. The van der Waals surface area contributed by atoms with E-state index < -0.39 is 10.7 Å². The Bertz CT molecular complexity index is 315. The highest BCUT2D eigenvalue weighted by Gasteiger charge is 2.12. The Balaban J connectivity index is 2.75. The lowest BCUT2D eigenvalue weighted by Gasteiger charge is -2.06. The van der Waals surface area contributed by atoms with Crippen molar-refractivity contribution < 1.29 is 9.90 Å². The van der Waals surface area contributed by atoms with Crippen molar-refractivity contribution in [1.82, 2.24) is 0 Å². The summed E-state index contributed by atoms with van der Waals surface area (Å²) in [5.41, 5.74) is 0.291. The van der Waals surface area contributed by atoms with Crippen molar-refractivity contribution in [3.63, 3.8) is 0 Å². The number of carbonyl (C=O) groups excluding carboxylic acids is 1. The maximum atomic E-state index is 11.0. The SMILES string of the molecule is O=C(Nc1ccccc1O)C(Cl)Cl. The molecular formula is C8H7Cl2NO2. The number of phenols is 1. The van der Waals surface area contributed by atoms with Gasteiger partial charge in [0.25, 0.3) is 5.91 Å². The van der Waals surface area contributed by atoms with E-state index in [1.54, 1.807) is 18.2 Å². The number of halogens is 2. The number of rotatable bonds is 2. The van der Waals surface area contributed by atoms with Crippen LogP contribution >= 0.6 is 23.2 Å². The molecule has 2 N–H and O–H groups in total. The van der Waals surface area contributed by atoms with Gasteiger partial charge in [-0.15, -0.1) is 0 Å². The Hall–Kier alpha value is -0.930. The zero-order valence-corrected chi connectivity index (χ0v) is 8.01. The summed E-state index contributed by atoms with van der Waals surface area (Å²) in [4.78, 5) is 9.84. The second kappa shape index (κ2) is 4.35. The number of alkyl halides is 2. The first-order valence-corrected chi connectivity index (χ1v) is 4.35. The van der Waals surface area contributed by atoms with Crippen LogP contribution < -0.4 is 5.32 Å². The minimum absolute atomic E-state index is 0.0233. The van der Waals surface area contributed by atoms with Crippen molar-refractivity contribution in [2.45, 2.75) is 4.84 Å². The normalized spacial score (nSPS) is 10.1. The number of hydrogen-bond donors (Lipinski definition) is 2. The Morgan fingerprint density at radius 1 is 1.38 bits per heavy atom. The van der Waals surface area contributed by atoms with E-state index in [1.807, 2.05) is 0 Å². The highest BCUT2D eigenvalue weighted by Crippen LogP contribution is 2.22. The Morgan fingerprint density at radius 2 is 2.00 bits per heavy atom. The molecule has 3 nitrogen and oxygen atoms in total. The number of carbonyl (C=O) groups is 1. The van der Waals surface area contributed by atoms with Gasteiger partial charge in [-0.3, -0.25) is 4.79 Å². The van der Waals surface area contributed by atoms with Gasteiger partial charge in [-0.1, -0.05) is 35.3 Å². The van der Waals surface area contributed by atoms with Gasteiger partial charge in [0.05, 0.1) is 5.69 Å². The smallest absolute Gasteiger partial charge is 0.257 e. The molecule has 0 fully saturated rings. The predicted octanol–water partition coefficient (Wildman–Crippen LogP) is 2.13. The third-order valence-electron chi connectivity index (χ3n) is 1.36. The summed E-state index contributed by atoms with van der Waals surface area (Å²) in [5.74, 6) is -0.588. The molecule has 13 heavy (non-hydrogen) atoms. The molecule has 0 saturated heterocycles. The average Bonchev–Trinajstić information content (AvgIpc) is 2.08. The largest absolute Gasteiger partial charge is 0.506 e. The quantitative estimate of drug-likeness (QED) is 0.592. The van der Waals surface area contributed by atoms with Crippen LogP contribution in [-0.2, 0) is 4.79 Å². The van der Waals surface area contributed by atoms with Gasteiger partial charge in [-0.05, 0) is 12.1 Å². The van der Waals surface area contributed by atoms with Crippen molar-refractivity contribution in [1.29, 1.82) is 0 Å². The summed E-state index contributed by atoms with van der Waals surface area (Å²) >= 11 is 10.6. The fraction of sp³-hybridized carbons (Fsp3) is 0.125. The van der Waals surface area contributed by atoms with E-state index in [2.05, 4.69) is 5.32 Å². The molecule has 1 rings (SSSR count). The maximum Gasteiger partial charge on any atom is 0.257 e. The summed E-state index contributed by atoms with van der Waals surface area (Å²) in [6.45, 7) is 0. The fourth-order valence-corrected chi connectivity index (χ4v) is 0.876. The molecule has 1 amide bonds. The molecule has 0 spiro atoms. The molecule has 0 aliphatic heterocycles. The molecule has 0 radical (unpaired) electrons. The zero-order chi connectivity index (χ0) is 9.84. The van der Waals surface area contributed by atoms with Crippen LogP contribution in [0.5, 0.6) is 5.75 Å². The molecule has 0 heterocycles. The van der Waals surface area contributed by atoms with E-state index in [-0.39, 0.29) is 5.75 Å². The van der Waals surface area contributed by atoms with Crippen molar-refractivity contribution in [3.8, 4) is 5.75 Å². The minimum Gasteiger partial charge on any atom is -0.506 e. The summed E-state index contributed by atoms with van der Waals surface area (Å²) < 4.78 is 0. The van der Waals surface area contributed by atoms with E-state index >= 15 is 0 Å². The zero-order valence-electron chi connectivity index (χ0n) is 6.50. The number of benzene rings is 1. The van der Waals surface area contributed by atoms with E-state index in [4.69, 9.17) is 23.2 Å². The summed E-state index contributed by atoms with van der Waals surface area (Å²) in [6, 6.07) is 6.31. The third kappa shape index (κ3) is 2.79. The standard InChI is InChI=1S/C8H7Cl2NO2/c9-7(10)8(13)11-5-3-1-2-4-6(5)12/h1-4,7,12H,(H,11,13). The van der Waals surface area contributed by atoms with Gasteiger partial charge in [0.1, 0.15) is 5.75 Å². The van der Waals surface area contributed by atoms with E-state index in [0.717, 1.165) is 0 Å². The molecule has 0 atom stereocenters. The van der Waals surface area contributed by atoms with Crippen LogP contribution in [-0.4, -0.2) is 15.8 Å². The van der Waals surface area contributed by atoms with Gasteiger partial charge in [0, 0.05) is 0 Å². The minimum atomic E-state index is -1.14. The highest BCUT2D eigenvalue weighted by atomic mass is 35.5. The topological polar surface area (TPSA) is 49.3 Å². The lowest BCUT2D eigenvalue weighted by molar-refractivity contribution is -0.114. The number of hydrogen-bond acceptors (Lipinski definition) is 2. The van der Waals surface area contributed by atoms with Gasteiger partial charge >= 0.3 is 0 Å². The second-order valence-electron chi connectivity index (χ2n) is 2.31. The fourth-order valence-electron chi connectivity index (χ4n) is 0.767. The van der Waals surface area contributed by atoms with Crippen LogP contribution in [0.3, 0.4) is 0 Å². The molecule has 0 aliphatic rings. The first-order chi connectivity index (χ1) is 6.11. The predicted molar refractivity (Wildman–Crippen MR) is 52.2 cm³/mol. The molecular weight excluding hydrogens is 213 g/mol. The molecule has 5 heteroatoms. The van der Waals surface area contributed by atoms with Crippen LogP contribution in [0.1, 0.15) is 0 Å². The number of para-hydroxylation sites is 2. The van der Waals surface area contributed by atoms with Crippen molar-refractivity contribution >= 4 is 34.8 Å². The van der Waals surface area contributed by atoms with E-state index in [9.17, 15) is 9.90 Å². The van der Waals surface area contributed by atoms with E-state index in [0.29, 0.717) is 5.69 Å². The van der Waals surface area contributed by atoms with Gasteiger partial charge in [-0.2, -0.15) is 0 Å². The summed E-state index contributed by atoms with van der Waals surface area (Å²) in [6.07, 6.45) is 0. The molecule has 0 bridgehead atoms. The van der Waals surface area contributed by atoms with Gasteiger partial charge in [0.15, 0.2) is 4.84 Å². The van der Waals surface area contributed by atoms with Crippen molar-refractivity contribution in [2.24, 2.45) is 0 Å². The van der Waals surface area contributed by atoms with Crippen molar-refractivity contribution in [3.05, 3.63) is 24.3 Å². The monoisotopic (exact) mass is 219 g/mol. The number of amides is 1. The maximum absolute atomic E-state index is 11.0. The first kappa shape index (κ1) is 10.2. The third-order valence-corrected chi connectivity index (χ3v) is 1.76. The molecule has 70 valence electrons. The van der Waals surface area contributed by atoms with Crippen LogP contribution in [0.15, 0.2) is 24.3 Å². The van der Waals surface area contributed by atoms with Crippen LogP contribution in [0.25, 0.3) is 0 Å². The van der Waals surface area contributed by atoms with Crippen molar-refractivity contribution in [2.75, 3.05) is 5.32 Å². The Kier molecular flexibility index (Phi) is 3.39. The van der Waals surface area contributed by atoms with Crippen LogP contribution in [0.4, 0.5) is 5.69 Å². The Morgan fingerprint density at radius 3 is 2.54 bits per heavy atom. The number of anilines is 1. The lowest BCUT2D eigenvalue weighted by Crippen LogP contribution is -2.18. The number of aromatic hydroxyl groups is 1. The van der Waals surface area contributed by atoms with Gasteiger partial charge in [0.2, 0.25) is 0 Å². The molecule has 1 aromatic rings. The summed E-state index contributed by atoms with van der Waals surface area (Å²) in [5, 5.41) is 11.6. The Labute approximate surface area is 85.3 Å². The molecule has 1 aromatic carbocycles. The average molecular weight is 220 g/mol. The molecule has 0 unspecified atom stereocenters. The molecule has 0 aliphatic carbocycles. The molecule has 0 aromatic heterocycles. The number of nitrogens with one attached hydrogen (secondary N) is 1. The van der Waals surface area contributed by atoms with E-state index in [1.165, 1.54) is 6.07 Å². The molecule has 0 saturated carbocycles. The van der Waals surface area contributed by atoms with Gasteiger partial charge < -0.3 is 10.4 Å². The second-order valence-corrected chi connectivity index (χ2v) is 3.40. The first-order valence-electron chi connectivity index (χ1n) is 3.48. The van der Waals surface area contributed by atoms with Crippen LogP contribution in [0.2, 0.25) is 0 Å². The number of phenolic OH excluding ortho intramolecular Hbond substituents is 1. The highest BCUT2D eigenvalue weighted by molar-refractivity contribution is 6.54.